The highest BCUT2D eigenvalue weighted by Crippen LogP contribution is 2.38. The Hall–Kier alpha value is -1.79. The monoisotopic (exact) mass is 228 g/mol. The summed E-state index contributed by atoms with van der Waals surface area (Å²) < 4.78 is 0. The molecule has 0 aliphatic heterocycles. The molecule has 1 aliphatic rings. The molecule has 2 unspecified atom stereocenters. The van der Waals surface area contributed by atoms with Crippen molar-refractivity contribution in [2.75, 3.05) is 11.9 Å². The van der Waals surface area contributed by atoms with Gasteiger partial charge in [0.05, 0.1) is 6.54 Å². The van der Waals surface area contributed by atoms with Crippen LogP contribution in [0.3, 0.4) is 0 Å². The van der Waals surface area contributed by atoms with Crippen LogP contribution in [0, 0.1) is 23.7 Å². The Bertz CT molecular complexity index is 484. The number of hydrogen-bond acceptors (Lipinski definition) is 2. The molecule has 1 amide bonds. The lowest BCUT2D eigenvalue weighted by atomic mass is 10.2. The minimum absolute atomic E-state index is 0.112. The van der Waals surface area contributed by atoms with E-state index in [2.05, 4.69) is 24.1 Å². The van der Waals surface area contributed by atoms with Crippen molar-refractivity contribution in [2.24, 2.45) is 17.6 Å². The number of hydrogen-bond donors (Lipinski definition) is 2. The predicted molar refractivity (Wildman–Crippen MR) is 68.3 cm³/mol. The van der Waals surface area contributed by atoms with Gasteiger partial charge in [0.1, 0.15) is 0 Å². The van der Waals surface area contributed by atoms with Gasteiger partial charge in [0.2, 0.25) is 5.91 Å². The molecule has 1 fully saturated rings. The molecule has 88 valence electrons. The third kappa shape index (κ3) is 3.08. The number of nitrogens with two attached hydrogens (primary N) is 1. The average Bonchev–Trinajstić information content (AvgIpc) is 3.04. The second-order valence-electron chi connectivity index (χ2n) is 4.40. The molecule has 3 N–H and O–H groups in total. The first-order valence-corrected chi connectivity index (χ1v) is 5.80. The van der Waals surface area contributed by atoms with E-state index < -0.39 is 0 Å². The van der Waals surface area contributed by atoms with E-state index in [1.807, 2.05) is 24.3 Å². The summed E-state index contributed by atoms with van der Waals surface area (Å²) in [5.41, 5.74) is 6.99. The van der Waals surface area contributed by atoms with Gasteiger partial charge in [-0.15, -0.1) is 0 Å². The van der Waals surface area contributed by atoms with Gasteiger partial charge in [-0.05, 0) is 30.5 Å². The summed E-state index contributed by atoms with van der Waals surface area (Å²) in [6, 6.07) is 7.52. The third-order valence-electron chi connectivity index (χ3n) is 2.91. The Morgan fingerprint density at radius 3 is 3.00 bits per heavy atom. The van der Waals surface area contributed by atoms with Crippen LogP contribution >= 0.6 is 0 Å². The smallest absolute Gasteiger partial charge is 0.227 e. The summed E-state index contributed by atoms with van der Waals surface area (Å²) in [5.74, 6) is 6.56. The summed E-state index contributed by atoms with van der Waals surface area (Å²) in [4.78, 5) is 11.7. The number of amides is 1. The zero-order valence-electron chi connectivity index (χ0n) is 9.86. The topological polar surface area (TPSA) is 55.1 Å². The molecule has 1 aliphatic carbocycles. The highest BCUT2D eigenvalue weighted by molar-refractivity contribution is 5.94. The second-order valence-corrected chi connectivity index (χ2v) is 4.40. The van der Waals surface area contributed by atoms with Crippen molar-refractivity contribution >= 4 is 11.6 Å². The number of nitrogens with one attached hydrogen (secondary N) is 1. The summed E-state index contributed by atoms with van der Waals surface area (Å²) in [6.07, 6.45) is 0.999. The van der Waals surface area contributed by atoms with Gasteiger partial charge in [0, 0.05) is 17.2 Å². The summed E-state index contributed by atoms with van der Waals surface area (Å²) in [5, 5.41) is 2.91. The molecule has 17 heavy (non-hydrogen) atoms. The molecule has 0 spiro atoms. The van der Waals surface area contributed by atoms with Crippen LogP contribution in [0.15, 0.2) is 24.3 Å². The van der Waals surface area contributed by atoms with Crippen LogP contribution in [0.1, 0.15) is 18.9 Å². The molecule has 2 rings (SSSR count). The fourth-order valence-corrected chi connectivity index (χ4v) is 1.75. The molecular weight excluding hydrogens is 212 g/mol. The molecule has 3 heteroatoms. The highest BCUT2D eigenvalue weighted by Gasteiger charge is 2.38. The van der Waals surface area contributed by atoms with Gasteiger partial charge in [-0.2, -0.15) is 0 Å². The summed E-state index contributed by atoms with van der Waals surface area (Å²) in [7, 11) is 0. The minimum atomic E-state index is 0.112. The van der Waals surface area contributed by atoms with E-state index in [4.69, 9.17) is 5.73 Å². The Morgan fingerprint density at radius 1 is 1.59 bits per heavy atom. The number of rotatable bonds is 2. The van der Waals surface area contributed by atoms with E-state index in [1.165, 1.54) is 0 Å². The van der Waals surface area contributed by atoms with Crippen molar-refractivity contribution in [3.8, 4) is 11.8 Å². The maximum Gasteiger partial charge on any atom is 0.227 e. The third-order valence-corrected chi connectivity index (χ3v) is 2.91. The van der Waals surface area contributed by atoms with Gasteiger partial charge in [-0.25, -0.2) is 0 Å². The maximum absolute atomic E-state index is 11.7. The number of benzene rings is 1. The van der Waals surface area contributed by atoms with Crippen LogP contribution in [0.5, 0.6) is 0 Å². The van der Waals surface area contributed by atoms with Crippen molar-refractivity contribution in [2.45, 2.75) is 13.3 Å². The van der Waals surface area contributed by atoms with Gasteiger partial charge in [0.15, 0.2) is 0 Å². The van der Waals surface area contributed by atoms with Crippen LogP contribution in [0.2, 0.25) is 0 Å². The fourth-order valence-electron chi connectivity index (χ4n) is 1.75. The molecule has 0 bridgehead atoms. The SMILES string of the molecule is CC1CC1C(=O)Nc1cccc(C#CCN)c1. The zero-order chi connectivity index (χ0) is 12.3. The molecule has 0 heterocycles. The standard InChI is InChI=1S/C14H16N2O/c1-10-8-13(10)14(17)16-12-6-2-4-11(9-12)5-3-7-15/h2,4,6,9-10,13H,7-8,15H2,1H3,(H,16,17). The van der Waals surface area contributed by atoms with E-state index in [0.29, 0.717) is 12.5 Å². The lowest BCUT2D eigenvalue weighted by Gasteiger charge is -2.04. The van der Waals surface area contributed by atoms with E-state index >= 15 is 0 Å². The van der Waals surface area contributed by atoms with Crippen molar-refractivity contribution in [1.29, 1.82) is 0 Å². The molecule has 1 aromatic rings. The molecule has 0 saturated heterocycles. The number of carbonyl (C=O) groups is 1. The van der Waals surface area contributed by atoms with E-state index in [9.17, 15) is 4.79 Å². The predicted octanol–water partition coefficient (Wildman–Crippen LogP) is 1.59. The Kier molecular flexibility index (Phi) is 3.46. The van der Waals surface area contributed by atoms with Crippen molar-refractivity contribution < 1.29 is 4.79 Å². The molecule has 1 saturated carbocycles. The molecule has 0 aromatic heterocycles. The first-order valence-electron chi connectivity index (χ1n) is 5.80. The van der Waals surface area contributed by atoms with Crippen LogP contribution < -0.4 is 11.1 Å². The number of carbonyl (C=O) groups excluding carboxylic acids is 1. The molecule has 3 nitrogen and oxygen atoms in total. The normalized spacial score (nSPS) is 21.3. The molecule has 2 atom stereocenters. The van der Waals surface area contributed by atoms with E-state index in [-0.39, 0.29) is 11.8 Å². The summed E-state index contributed by atoms with van der Waals surface area (Å²) in [6.45, 7) is 2.43. The average molecular weight is 228 g/mol. The lowest BCUT2D eigenvalue weighted by Crippen LogP contribution is -2.14. The van der Waals surface area contributed by atoms with Crippen LogP contribution in [0.4, 0.5) is 5.69 Å². The zero-order valence-corrected chi connectivity index (χ0v) is 9.86. The van der Waals surface area contributed by atoms with Crippen molar-refractivity contribution in [3.63, 3.8) is 0 Å². The van der Waals surface area contributed by atoms with Gasteiger partial charge in [-0.1, -0.05) is 24.8 Å². The van der Waals surface area contributed by atoms with Gasteiger partial charge in [-0.3, -0.25) is 4.79 Å². The number of anilines is 1. The first-order chi connectivity index (χ1) is 8.20. The van der Waals surface area contributed by atoms with Crippen LogP contribution in [0.25, 0.3) is 0 Å². The van der Waals surface area contributed by atoms with E-state index in [0.717, 1.165) is 17.7 Å². The Balaban J connectivity index is 2.03. The molecule has 1 aromatic carbocycles. The highest BCUT2D eigenvalue weighted by atomic mass is 16.2. The van der Waals surface area contributed by atoms with E-state index in [1.54, 1.807) is 0 Å². The van der Waals surface area contributed by atoms with Gasteiger partial charge >= 0.3 is 0 Å². The Labute approximate surface area is 101 Å². The van der Waals surface area contributed by atoms with Crippen LogP contribution in [-0.4, -0.2) is 12.5 Å². The molecular formula is C14H16N2O. The lowest BCUT2D eigenvalue weighted by molar-refractivity contribution is -0.117. The largest absolute Gasteiger partial charge is 0.326 e. The fraction of sp³-hybridized carbons (Fsp3) is 0.357. The first kappa shape index (κ1) is 11.7. The van der Waals surface area contributed by atoms with Crippen molar-refractivity contribution in [1.82, 2.24) is 0 Å². The van der Waals surface area contributed by atoms with Gasteiger partial charge in [0.25, 0.3) is 0 Å². The summed E-state index contributed by atoms with van der Waals surface area (Å²) >= 11 is 0. The van der Waals surface area contributed by atoms with Gasteiger partial charge < -0.3 is 11.1 Å². The maximum atomic E-state index is 11.7. The minimum Gasteiger partial charge on any atom is -0.326 e. The molecule has 0 radical (unpaired) electrons. The quantitative estimate of drug-likeness (QED) is 0.755. The van der Waals surface area contributed by atoms with Crippen molar-refractivity contribution in [3.05, 3.63) is 29.8 Å². The second kappa shape index (κ2) is 5.03. The van der Waals surface area contributed by atoms with Crippen LogP contribution in [-0.2, 0) is 4.79 Å². The Morgan fingerprint density at radius 2 is 2.35 bits per heavy atom.